The van der Waals surface area contributed by atoms with E-state index < -0.39 is 73.9 Å². The Morgan fingerprint density at radius 1 is 0.429 bits per heavy atom. The maximum Gasteiger partial charge on any atom is 0.335 e. The van der Waals surface area contributed by atoms with Gasteiger partial charge in [0.25, 0.3) is 0 Å². The number of carbonyl (C=O) groups excluding carboxylic acids is 3. The van der Waals surface area contributed by atoms with Crippen LogP contribution in [0.3, 0.4) is 0 Å². The predicted octanol–water partition coefficient (Wildman–Crippen LogP) is 14.1. The van der Waals surface area contributed by atoms with Crippen LogP contribution in [0.1, 0.15) is 149 Å². The number of hydrogen-bond donors (Lipinski definition) is 3. The van der Waals surface area contributed by atoms with Crippen LogP contribution in [0.4, 0.5) is 0 Å². The molecule has 0 amide bonds. The summed E-state index contributed by atoms with van der Waals surface area (Å²) in [6, 6.07) is 0. The molecule has 1 aliphatic rings. The van der Waals surface area contributed by atoms with Crippen molar-refractivity contribution in [1.29, 1.82) is 0 Å². The Balaban J connectivity index is 2.86. The number of aliphatic hydroxyl groups is 2. The van der Waals surface area contributed by atoms with Crippen molar-refractivity contribution < 1.29 is 58.2 Å². The standard InChI is InChI=1S/C65H92O12/c1-4-7-10-13-16-19-22-25-27-28-29-30-32-34-36-39-42-45-48-51-57(66)73-54-56(75-58(67)52-49-46-43-40-38-35-31-26-23-20-17-14-11-8-5-2)55-74-65-63(61(70)60(69)62(77-65)64(71)72)76-59(68)53-50-47-44-41-37-33-24-21-18-15-12-9-6-3/h7-12,16-21,25-27,29-31,33-34,36-38,40,42,44-47,49,56,60-63,65,69-70H,4-6,13-15,22-24,28,32,35,39,41,43,48,50-55H2,1-3H3,(H,71,72)/b10-7-,11-8-,12-9-,19-16-,20-17-,21-18-,27-25-,30-29-,31-26-,36-34-,37-33-,40-38-,45-42-,47-44-,49-46-. The molecule has 12 heteroatoms. The lowest BCUT2D eigenvalue weighted by molar-refractivity contribution is -0.301. The molecule has 12 nitrogen and oxygen atoms in total. The van der Waals surface area contributed by atoms with Crippen LogP contribution in [0.25, 0.3) is 0 Å². The van der Waals surface area contributed by atoms with E-state index in [4.69, 9.17) is 23.7 Å². The van der Waals surface area contributed by atoms with Gasteiger partial charge >= 0.3 is 23.9 Å². The van der Waals surface area contributed by atoms with E-state index in [9.17, 15) is 34.5 Å². The van der Waals surface area contributed by atoms with E-state index >= 15 is 0 Å². The maximum absolute atomic E-state index is 13.1. The van der Waals surface area contributed by atoms with Gasteiger partial charge in [0.2, 0.25) is 0 Å². The van der Waals surface area contributed by atoms with Crippen molar-refractivity contribution in [2.45, 2.75) is 186 Å². The molecule has 1 saturated heterocycles. The normalized spacial score (nSPS) is 19.4. The lowest BCUT2D eigenvalue weighted by atomic mass is 9.98. The SMILES string of the molecule is CC/C=C\C/C=C\C/C=C\C/C=C\C/C=C\C/C=C\CCC(=O)OCC(COC1OC(C(=O)O)C(O)C(O)C1OC(=O)CC/C=C\C/C=C\C/C=C\C/C=C\CC)OC(=O)C/C=C\C/C=C\C/C=C\C/C=C\C/C=C\CC. The molecular formula is C65H92O12. The van der Waals surface area contributed by atoms with Crippen LogP contribution >= 0.6 is 0 Å². The Morgan fingerprint density at radius 3 is 1.13 bits per heavy atom. The molecule has 0 saturated carbocycles. The van der Waals surface area contributed by atoms with Gasteiger partial charge in [0.05, 0.1) is 13.0 Å². The zero-order valence-corrected chi connectivity index (χ0v) is 46.4. The summed E-state index contributed by atoms with van der Waals surface area (Å²) in [5, 5.41) is 31.4. The van der Waals surface area contributed by atoms with E-state index in [0.29, 0.717) is 32.1 Å². The second-order valence-corrected chi connectivity index (χ2v) is 17.7. The predicted molar refractivity (Wildman–Crippen MR) is 311 cm³/mol. The topological polar surface area (TPSA) is 175 Å². The summed E-state index contributed by atoms with van der Waals surface area (Å²) in [5.41, 5.74) is 0. The monoisotopic (exact) mass is 1060 g/mol. The molecule has 1 rings (SSSR count). The number of esters is 3. The average molecular weight is 1070 g/mol. The van der Waals surface area contributed by atoms with Crippen molar-refractivity contribution >= 4 is 23.9 Å². The highest BCUT2D eigenvalue weighted by Gasteiger charge is 2.50. The molecule has 0 bridgehead atoms. The van der Waals surface area contributed by atoms with Gasteiger partial charge in [0.1, 0.15) is 18.8 Å². The molecule has 424 valence electrons. The number of carboxylic acids is 1. The average Bonchev–Trinajstić information content (AvgIpc) is 3.42. The van der Waals surface area contributed by atoms with E-state index in [1.54, 1.807) is 6.08 Å². The van der Waals surface area contributed by atoms with Crippen molar-refractivity contribution in [2.24, 2.45) is 0 Å². The number of carbonyl (C=O) groups is 4. The van der Waals surface area contributed by atoms with Gasteiger partial charge in [-0.1, -0.05) is 203 Å². The van der Waals surface area contributed by atoms with Crippen molar-refractivity contribution in [3.05, 3.63) is 182 Å². The summed E-state index contributed by atoms with van der Waals surface area (Å²) in [6.45, 7) is 5.41. The highest BCUT2D eigenvalue weighted by Crippen LogP contribution is 2.26. The summed E-state index contributed by atoms with van der Waals surface area (Å²) in [4.78, 5) is 50.9. The van der Waals surface area contributed by atoms with Gasteiger partial charge in [-0.05, 0) is 109 Å². The molecule has 0 radical (unpaired) electrons. The summed E-state index contributed by atoms with van der Waals surface area (Å²) in [6.07, 6.45) is 65.0. The molecule has 6 atom stereocenters. The van der Waals surface area contributed by atoms with Gasteiger partial charge in [-0.3, -0.25) is 14.4 Å². The minimum atomic E-state index is -1.96. The Morgan fingerprint density at radius 2 is 0.766 bits per heavy atom. The number of ether oxygens (including phenoxy) is 5. The van der Waals surface area contributed by atoms with Gasteiger partial charge < -0.3 is 39.0 Å². The minimum Gasteiger partial charge on any atom is -0.479 e. The van der Waals surface area contributed by atoms with Gasteiger partial charge in [-0.2, -0.15) is 0 Å². The van der Waals surface area contributed by atoms with E-state index in [-0.39, 0.29) is 19.3 Å². The van der Waals surface area contributed by atoms with Crippen LogP contribution in [0.5, 0.6) is 0 Å². The Labute approximate surface area is 461 Å². The smallest absolute Gasteiger partial charge is 0.335 e. The van der Waals surface area contributed by atoms with Crippen molar-refractivity contribution in [3.8, 4) is 0 Å². The number of aliphatic carboxylic acids is 1. The Kier molecular flexibility index (Phi) is 45.3. The highest BCUT2D eigenvalue weighted by molar-refractivity contribution is 5.74. The molecule has 3 N–H and O–H groups in total. The summed E-state index contributed by atoms with van der Waals surface area (Å²) >= 11 is 0. The van der Waals surface area contributed by atoms with Crippen LogP contribution in [-0.2, 0) is 42.9 Å². The van der Waals surface area contributed by atoms with Gasteiger partial charge in [0.15, 0.2) is 24.6 Å². The fraction of sp³-hybridized carbons (Fsp3) is 0.477. The number of hydrogen-bond acceptors (Lipinski definition) is 11. The van der Waals surface area contributed by atoms with Crippen LogP contribution in [0.15, 0.2) is 182 Å². The van der Waals surface area contributed by atoms with Crippen molar-refractivity contribution in [1.82, 2.24) is 0 Å². The second-order valence-electron chi connectivity index (χ2n) is 17.7. The molecule has 6 unspecified atom stereocenters. The van der Waals surface area contributed by atoms with E-state index in [0.717, 1.165) is 77.0 Å². The van der Waals surface area contributed by atoms with Crippen LogP contribution in [0.2, 0.25) is 0 Å². The summed E-state index contributed by atoms with van der Waals surface area (Å²) in [5.74, 6) is -3.55. The summed E-state index contributed by atoms with van der Waals surface area (Å²) < 4.78 is 28.0. The lowest BCUT2D eigenvalue weighted by Gasteiger charge is -2.40. The largest absolute Gasteiger partial charge is 0.479 e. The van der Waals surface area contributed by atoms with Crippen molar-refractivity contribution in [3.63, 3.8) is 0 Å². The Bertz CT molecular complexity index is 2040. The van der Waals surface area contributed by atoms with Crippen LogP contribution in [-0.4, -0.2) is 89.2 Å². The van der Waals surface area contributed by atoms with Crippen LogP contribution in [0, 0.1) is 0 Å². The molecule has 0 aromatic heterocycles. The first-order chi connectivity index (χ1) is 37.6. The van der Waals surface area contributed by atoms with E-state index in [1.165, 1.54) is 0 Å². The number of allylic oxidation sites excluding steroid dienone is 29. The maximum atomic E-state index is 13.1. The molecular weight excluding hydrogens is 973 g/mol. The first-order valence-corrected chi connectivity index (χ1v) is 27.8. The molecule has 1 aliphatic heterocycles. The van der Waals surface area contributed by atoms with E-state index in [1.807, 2.05) is 48.6 Å². The minimum absolute atomic E-state index is 0.0543. The first-order valence-electron chi connectivity index (χ1n) is 27.8. The molecule has 0 aromatic rings. The number of rotatable bonds is 43. The van der Waals surface area contributed by atoms with Crippen LogP contribution < -0.4 is 0 Å². The van der Waals surface area contributed by atoms with Gasteiger partial charge in [-0.15, -0.1) is 0 Å². The van der Waals surface area contributed by atoms with E-state index in [2.05, 4.69) is 148 Å². The van der Waals surface area contributed by atoms with Gasteiger partial charge in [-0.25, -0.2) is 4.79 Å². The molecule has 1 fully saturated rings. The van der Waals surface area contributed by atoms with Gasteiger partial charge in [0, 0.05) is 12.8 Å². The third-order valence-corrected chi connectivity index (χ3v) is 11.0. The fourth-order valence-corrected chi connectivity index (χ4v) is 6.89. The van der Waals surface area contributed by atoms with Crippen molar-refractivity contribution in [2.75, 3.05) is 13.2 Å². The Hall–Kier alpha value is -6.18. The third kappa shape index (κ3) is 40.7. The number of aliphatic hydroxyl groups excluding tert-OH is 2. The lowest BCUT2D eigenvalue weighted by Crippen LogP contribution is -2.61. The zero-order valence-electron chi connectivity index (χ0n) is 46.4. The first kappa shape index (κ1) is 68.8. The third-order valence-electron chi connectivity index (χ3n) is 11.0. The highest BCUT2D eigenvalue weighted by atomic mass is 16.7. The number of carboxylic acid groups (broad SMARTS) is 1. The molecule has 0 spiro atoms. The molecule has 0 aromatic carbocycles. The fourth-order valence-electron chi connectivity index (χ4n) is 6.89. The molecule has 1 heterocycles. The second kappa shape index (κ2) is 50.6. The quantitative estimate of drug-likeness (QED) is 0.0300. The zero-order chi connectivity index (χ0) is 56.1. The summed E-state index contributed by atoms with van der Waals surface area (Å²) in [7, 11) is 0. The molecule has 0 aliphatic carbocycles. The molecule has 77 heavy (non-hydrogen) atoms.